The Hall–Kier alpha value is -8.23. The van der Waals surface area contributed by atoms with Crippen LogP contribution in [0.4, 0.5) is 35.1 Å². The van der Waals surface area contributed by atoms with E-state index < -0.39 is 23.5 Å². The van der Waals surface area contributed by atoms with Crippen LogP contribution in [0.15, 0.2) is 160 Å². The lowest BCUT2D eigenvalue weighted by molar-refractivity contribution is -0.138. The van der Waals surface area contributed by atoms with Crippen molar-refractivity contribution in [3.05, 3.63) is 262 Å². The average Bonchev–Trinajstić information content (AvgIpc) is 1.73. The molecule has 25 heteroatoms. The minimum absolute atomic E-state index is 0. The molecule has 6 aromatic carbocycles. The average molecular weight is 1360 g/mol. The molecule has 0 saturated carbocycles. The SMILES string of the molecule is C.C.Fc1ccc(CBr)cc1.O=c1[nH]c(=S)n(Cc2nnc(CO)n2Cc2ccc(-c3ccc(C(F)(F)F)cc3)cc2)c2c1CCC2.O=c1nc(SCc2ccc(F)cc2)n(Cc2nnc(CO)n2Cc2ccc(-c3ccc(C(F)(F)F)cc3)cc2)c2c1CCC2. The van der Waals surface area contributed by atoms with Crippen molar-refractivity contribution in [1.82, 2.24) is 48.6 Å². The van der Waals surface area contributed by atoms with Crippen LogP contribution in [0.2, 0.25) is 0 Å². The summed E-state index contributed by atoms with van der Waals surface area (Å²) in [5.41, 5.74) is 8.16. The summed E-state index contributed by atoms with van der Waals surface area (Å²) in [6.07, 6.45) is -4.18. The van der Waals surface area contributed by atoms with Crippen molar-refractivity contribution in [3.8, 4) is 22.3 Å². The molecule has 0 atom stereocenters. The van der Waals surface area contributed by atoms with Crippen molar-refractivity contribution in [2.24, 2.45) is 0 Å². The van der Waals surface area contributed by atoms with Gasteiger partial charge in [-0.3, -0.25) is 14.6 Å². The van der Waals surface area contributed by atoms with Gasteiger partial charge in [-0.25, -0.2) is 8.78 Å². The Bertz CT molecular complexity index is 4270. The fraction of sp³-hybridized carbons (Fsp3) is 0.273. The predicted octanol–water partition coefficient (Wildman–Crippen LogP) is 14.3. The second-order valence-corrected chi connectivity index (χ2v) is 22.9. The van der Waals surface area contributed by atoms with E-state index in [0.29, 0.717) is 88.1 Å². The third-order valence-corrected chi connectivity index (χ3v) is 17.2. The van der Waals surface area contributed by atoms with Crippen LogP contribution >= 0.6 is 39.9 Å². The van der Waals surface area contributed by atoms with Gasteiger partial charge in [0.25, 0.3) is 11.1 Å². The molecule has 476 valence electrons. The molecular formula is C66H63BrF8N10O4S2. The first-order valence-electron chi connectivity index (χ1n) is 28.0. The van der Waals surface area contributed by atoms with Crippen molar-refractivity contribution >= 4 is 39.9 Å². The van der Waals surface area contributed by atoms with Gasteiger partial charge in [0, 0.05) is 33.6 Å². The summed E-state index contributed by atoms with van der Waals surface area (Å²) in [7, 11) is 0. The Balaban J connectivity index is 0.000000205. The Morgan fingerprint density at radius 2 is 0.879 bits per heavy atom. The number of thioether (sulfide) groups is 1. The van der Waals surface area contributed by atoms with Gasteiger partial charge in [0.2, 0.25) is 0 Å². The first-order valence-corrected chi connectivity index (χ1v) is 30.5. The number of aliphatic hydroxyl groups is 2. The lowest BCUT2D eigenvalue weighted by Gasteiger charge is -2.18. The number of aromatic nitrogens is 10. The van der Waals surface area contributed by atoms with E-state index in [0.717, 1.165) is 106 Å². The van der Waals surface area contributed by atoms with Crippen LogP contribution in [0.5, 0.6) is 0 Å². The zero-order chi connectivity index (χ0) is 63.0. The Kier molecular flexibility index (Phi) is 22.8. The summed E-state index contributed by atoms with van der Waals surface area (Å²) in [6.45, 7) is 0.672. The highest BCUT2D eigenvalue weighted by atomic mass is 79.9. The highest BCUT2D eigenvalue weighted by Crippen LogP contribution is 2.34. The second kappa shape index (κ2) is 30.3. The van der Waals surface area contributed by atoms with E-state index in [1.807, 2.05) is 62.2 Å². The molecule has 4 heterocycles. The third kappa shape index (κ3) is 16.7. The summed E-state index contributed by atoms with van der Waals surface area (Å²) >= 11 is 10.1. The van der Waals surface area contributed by atoms with Crippen LogP contribution in [0.3, 0.4) is 0 Å². The zero-order valence-electron chi connectivity index (χ0n) is 47.2. The molecule has 3 N–H and O–H groups in total. The quantitative estimate of drug-likeness (QED) is 0.0276. The molecule has 0 radical (unpaired) electrons. The van der Waals surface area contributed by atoms with Gasteiger partial charge in [-0.15, -0.1) is 20.4 Å². The number of fused-ring (bicyclic) bond motifs is 2. The maximum absolute atomic E-state index is 13.4. The molecule has 0 saturated heterocycles. The first kappa shape index (κ1) is 68.7. The topological polar surface area (TPSA) is 175 Å². The molecule has 0 amide bonds. The van der Waals surface area contributed by atoms with Gasteiger partial charge in [0.1, 0.15) is 24.8 Å². The molecule has 2 aliphatic carbocycles. The van der Waals surface area contributed by atoms with Gasteiger partial charge >= 0.3 is 12.4 Å². The van der Waals surface area contributed by atoms with Crippen LogP contribution in [0, 0.1) is 16.4 Å². The van der Waals surface area contributed by atoms with Gasteiger partial charge in [-0.05, 0) is 144 Å². The normalized spacial score (nSPS) is 12.4. The molecular weight excluding hydrogens is 1290 g/mol. The summed E-state index contributed by atoms with van der Waals surface area (Å²) in [6, 6.07) is 37.5. The summed E-state index contributed by atoms with van der Waals surface area (Å²) < 4.78 is 111. The maximum Gasteiger partial charge on any atom is 0.416 e. The van der Waals surface area contributed by atoms with E-state index in [9.17, 15) is 54.9 Å². The van der Waals surface area contributed by atoms with E-state index in [4.69, 9.17) is 12.2 Å². The monoisotopic (exact) mass is 1350 g/mol. The molecule has 2 aliphatic rings. The largest absolute Gasteiger partial charge is 0.416 e. The van der Waals surface area contributed by atoms with Crippen molar-refractivity contribution in [2.75, 3.05) is 0 Å². The fourth-order valence-electron chi connectivity index (χ4n) is 10.5. The van der Waals surface area contributed by atoms with E-state index >= 15 is 0 Å². The highest BCUT2D eigenvalue weighted by molar-refractivity contribution is 9.08. The summed E-state index contributed by atoms with van der Waals surface area (Å²) in [5.74, 6) is 1.92. The van der Waals surface area contributed by atoms with Crippen LogP contribution in [-0.2, 0) is 88.5 Å². The van der Waals surface area contributed by atoms with Gasteiger partial charge in [-0.2, -0.15) is 31.3 Å². The first-order chi connectivity index (χ1) is 42.8. The molecule has 0 fully saturated rings. The van der Waals surface area contributed by atoms with Crippen molar-refractivity contribution in [1.29, 1.82) is 0 Å². The van der Waals surface area contributed by atoms with Crippen LogP contribution < -0.4 is 11.1 Å². The standard InChI is InChI=1S/C32H27F4N5O2S.C25H22F3N5O2S.C7H6BrF.2CH4/c33-25-14-6-21(7-15-25)19-44-31-37-30(43)26-2-1-3-27(26)40(31)17-28-38-39-29(18-42)41(28)16-20-4-8-22(9-5-20)23-10-12-24(13-11-23)32(34,35)36;26-25(27,28)18-10-8-17(9-11-18)16-6-4-15(5-7-16)12-33-21(30-31-22(33)14-34)13-32-20-3-1-2-19(20)23(35)29-24(32)36;8-5-6-1-3-7(9)4-2-6;;/h4-15,42H,1-3,16-19H2;4-11,34H,1-3,12-14H2,(H,29,35,36);1-4H,5H2;2*1H4. The van der Waals surface area contributed by atoms with E-state index in [2.05, 4.69) is 46.3 Å². The van der Waals surface area contributed by atoms with Crippen LogP contribution in [0.1, 0.15) is 107 Å². The van der Waals surface area contributed by atoms with E-state index in [1.165, 1.54) is 60.3 Å². The Labute approximate surface area is 536 Å². The minimum atomic E-state index is -4.39. The van der Waals surface area contributed by atoms with Crippen molar-refractivity contribution in [3.63, 3.8) is 0 Å². The molecule has 12 rings (SSSR count). The van der Waals surface area contributed by atoms with Crippen molar-refractivity contribution in [2.45, 2.75) is 121 Å². The van der Waals surface area contributed by atoms with Crippen molar-refractivity contribution < 1.29 is 45.3 Å². The number of nitrogens with zero attached hydrogens (tertiary/aromatic N) is 9. The molecule has 14 nitrogen and oxygen atoms in total. The molecule has 91 heavy (non-hydrogen) atoms. The smallest absolute Gasteiger partial charge is 0.388 e. The number of nitrogens with one attached hydrogen (secondary N) is 1. The molecule has 0 bridgehead atoms. The number of alkyl halides is 7. The molecule has 0 spiro atoms. The van der Waals surface area contributed by atoms with Crippen LogP contribution in [0.25, 0.3) is 22.3 Å². The lowest BCUT2D eigenvalue weighted by atomic mass is 10.0. The van der Waals surface area contributed by atoms with Gasteiger partial charge in [0.15, 0.2) is 33.2 Å². The number of benzene rings is 6. The lowest BCUT2D eigenvalue weighted by Crippen LogP contribution is -2.23. The number of rotatable bonds is 16. The van der Waals surface area contributed by atoms with E-state index in [-0.39, 0.29) is 57.4 Å². The van der Waals surface area contributed by atoms with Crippen LogP contribution in [-0.4, -0.2) is 58.8 Å². The third-order valence-electron chi connectivity index (χ3n) is 15.2. The molecule has 0 aliphatic heterocycles. The minimum Gasteiger partial charge on any atom is -0.388 e. The maximum atomic E-state index is 13.4. The number of aliphatic hydroxyl groups excluding tert-OH is 2. The molecule has 4 aromatic heterocycles. The Morgan fingerprint density at radius 1 is 0.495 bits per heavy atom. The second-order valence-electron chi connectivity index (χ2n) is 21.0. The molecule has 10 aromatic rings. The Morgan fingerprint density at radius 3 is 1.31 bits per heavy atom. The number of halogens is 9. The van der Waals surface area contributed by atoms with Gasteiger partial charge in [0.05, 0.1) is 37.3 Å². The van der Waals surface area contributed by atoms with E-state index in [1.54, 1.807) is 28.8 Å². The number of hydrogen-bond acceptors (Lipinski definition) is 11. The summed E-state index contributed by atoms with van der Waals surface area (Å²) in [4.78, 5) is 32.2. The fourth-order valence-corrected chi connectivity index (χ4v) is 12.1. The zero-order valence-corrected chi connectivity index (χ0v) is 50.4. The summed E-state index contributed by atoms with van der Waals surface area (Å²) in [5, 5.41) is 38.1. The molecule has 0 unspecified atom stereocenters. The van der Waals surface area contributed by atoms with Gasteiger partial charge < -0.3 is 28.5 Å². The number of H-pyrrole nitrogens is 1. The van der Waals surface area contributed by atoms with Gasteiger partial charge in [-0.1, -0.05) is 140 Å². The highest BCUT2D eigenvalue weighted by Gasteiger charge is 2.31. The number of hydrogen-bond donors (Lipinski definition) is 3. The predicted molar refractivity (Wildman–Crippen MR) is 339 cm³/mol. The number of aromatic amines is 1.